The number of carbonyl (C=O) groups excluding carboxylic acids is 2. The zero-order valence-electron chi connectivity index (χ0n) is 14.6. The topological polar surface area (TPSA) is 60.7 Å². The fraction of sp³-hybridized carbons (Fsp3) is 0.0455. The van der Waals surface area contributed by atoms with Crippen LogP contribution in [0.25, 0.3) is 16.9 Å². The molecular weight excluding hydrogens is 340 g/mol. The number of ketones is 1. The molecule has 3 heterocycles. The summed E-state index contributed by atoms with van der Waals surface area (Å²) in [5, 5.41) is 0. The number of methoxy groups -OCH3 is 1. The molecule has 0 bridgehead atoms. The number of esters is 1. The Morgan fingerprint density at radius 3 is 2.41 bits per heavy atom. The second-order valence-corrected chi connectivity index (χ2v) is 5.98. The molecule has 1 aromatic carbocycles. The summed E-state index contributed by atoms with van der Waals surface area (Å²) < 4.78 is 6.68. The molecular formula is C22H16N2O3. The highest BCUT2D eigenvalue weighted by atomic mass is 16.5. The number of rotatable bonds is 4. The molecule has 0 aliphatic rings. The Bertz CT molecular complexity index is 1130. The van der Waals surface area contributed by atoms with Crippen molar-refractivity contribution >= 4 is 17.3 Å². The lowest BCUT2D eigenvalue weighted by Crippen LogP contribution is -2.07. The van der Waals surface area contributed by atoms with Gasteiger partial charge in [-0.1, -0.05) is 42.5 Å². The average Bonchev–Trinajstić information content (AvgIpc) is 3.14. The molecule has 27 heavy (non-hydrogen) atoms. The van der Waals surface area contributed by atoms with Crippen molar-refractivity contribution in [2.75, 3.05) is 7.11 Å². The first kappa shape index (κ1) is 16.7. The van der Waals surface area contributed by atoms with Crippen LogP contribution < -0.4 is 0 Å². The first-order chi connectivity index (χ1) is 13.2. The maximum Gasteiger partial charge on any atom is 0.340 e. The Morgan fingerprint density at radius 2 is 1.70 bits per heavy atom. The van der Waals surface area contributed by atoms with E-state index >= 15 is 0 Å². The number of fused-ring (bicyclic) bond motifs is 1. The molecule has 0 amide bonds. The van der Waals surface area contributed by atoms with Crippen molar-refractivity contribution in [1.82, 2.24) is 9.38 Å². The molecule has 3 aromatic heterocycles. The maximum atomic E-state index is 13.2. The van der Waals surface area contributed by atoms with Crippen LogP contribution in [0.2, 0.25) is 0 Å². The highest BCUT2D eigenvalue weighted by molar-refractivity contribution is 6.11. The van der Waals surface area contributed by atoms with Gasteiger partial charge in [0.25, 0.3) is 0 Å². The number of carbonyl (C=O) groups is 2. The SMILES string of the molecule is COC(=O)c1cc(C(=O)c2ccccc2)n2c(-c3ccccn3)cccc12. The third-order valence-corrected chi connectivity index (χ3v) is 4.39. The Labute approximate surface area is 155 Å². The van der Waals surface area contributed by atoms with Gasteiger partial charge in [-0.15, -0.1) is 0 Å². The predicted octanol–water partition coefficient (Wildman–Crippen LogP) is 4.02. The molecule has 0 radical (unpaired) electrons. The zero-order valence-corrected chi connectivity index (χ0v) is 14.6. The summed E-state index contributed by atoms with van der Waals surface area (Å²) in [7, 11) is 1.33. The van der Waals surface area contributed by atoms with Crippen LogP contribution in [0.5, 0.6) is 0 Å². The largest absolute Gasteiger partial charge is 0.465 e. The second kappa shape index (κ2) is 6.88. The van der Waals surface area contributed by atoms with Crippen LogP contribution in [0.4, 0.5) is 0 Å². The minimum atomic E-state index is -0.488. The third kappa shape index (κ3) is 2.89. The van der Waals surface area contributed by atoms with Gasteiger partial charge < -0.3 is 9.14 Å². The summed E-state index contributed by atoms with van der Waals surface area (Å²) in [6.07, 6.45) is 1.69. The van der Waals surface area contributed by atoms with Crippen molar-refractivity contribution < 1.29 is 14.3 Å². The summed E-state index contributed by atoms with van der Waals surface area (Å²) in [6, 6.07) is 21.6. The molecule has 5 heteroatoms. The van der Waals surface area contributed by atoms with Crippen molar-refractivity contribution in [3.8, 4) is 11.4 Å². The van der Waals surface area contributed by atoms with E-state index in [2.05, 4.69) is 4.98 Å². The molecule has 4 aromatic rings. The van der Waals surface area contributed by atoms with Gasteiger partial charge in [0.2, 0.25) is 5.78 Å². The smallest absolute Gasteiger partial charge is 0.340 e. The Kier molecular flexibility index (Phi) is 4.26. The number of ether oxygens (including phenoxy) is 1. The molecule has 0 aliphatic heterocycles. The van der Waals surface area contributed by atoms with Gasteiger partial charge in [0.05, 0.1) is 35.3 Å². The van der Waals surface area contributed by atoms with Crippen molar-refractivity contribution in [2.24, 2.45) is 0 Å². The minimum absolute atomic E-state index is 0.177. The normalized spacial score (nSPS) is 10.7. The lowest BCUT2D eigenvalue weighted by molar-refractivity contribution is 0.0603. The number of aromatic nitrogens is 2. The lowest BCUT2D eigenvalue weighted by atomic mass is 10.1. The summed E-state index contributed by atoms with van der Waals surface area (Å²) in [5.41, 5.74) is 3.31. The Morgan fingerprint density at radius 1 is 0.926 bits per heavy atom. The first-order valence-corrected chi connectivity index (χ1v) is 8.44. The minimum Gasteiger partial charge on any atom is -0.465 e. The average molecular weight is 356 g/mol. The molecule has 0 saturated heterocycles. The van der Waals surface area contributed by atoms with E-state index in [1.807, 2.05) is 48.5 Å². The van der Waals surface area contributed by atoms with Crippen molar-refractivity contribution in [3.63, 3.8) is 0 Å². The highest BCUT2D eigenvalue weighted by Gasteiger charge is 2.23. The van der Waals surface area contributed by atoms with Crippen molar-refractivity contribution in [1.29, 1.82) is 0 Å². The van der Waals surface area contributed by atoms with Gasteiger partial charge in [0.15, 0.2) is 0 Å². The molecule has 0 fully saturated rings. The highest BCUT2D eigenvalue weighted by Crippen LogP contribution is 2.27. The van der Waals surface area contributed by atoms with Crippen molar-refractivity contribution in [3.05, 3.63) is 95.8 Å². The van der Waals surface area contributed by atoms with E-state index in [1.165, 1.54) is 7.11 Å². The van der Waals surface area contributed by atoms with Crippen LogP contribution in [0.3, 0.4) is 0 Å². The lowest BCUT2D eigenvalue weighted by Gasteiger charge is -2.09. The summed E-state index contributed by atoms with van der Waals surface area (Å²) in [5.74, 6) is -0.665. The number of pyridine rings is 2. The van der Waals surface area contributed by atoms with Crippen LogP contribution in [-0.2, 0) is 4.74 Å². The standard InChI is InChI=1S/C22H16N2O3/c1-27-22(26)16-14-20(21(25)15-8-3-2-4-9-15)24-18(16)11-7-12-19(24)17-10-5-6-13-23-17/h2-14H,1H3. The van der Waals surface area contributed by atoms with Crippen LogP contribution in [0, 0.1) is 0 Å². The van der Waals surface area contributed by atoms with Crippen LogP contribution in [0.1, 0.15) is 26.4 Å². The number of nitrogens with zero attached hydrogens (tertiary/aromatic N) is 2. The van der Waals surface area contributed by atoms with E-state index < -0.39 is 5.97 Å². The summed E-state index contributed by atoms with van der Waals surface area (Å²) in [4.78, 5) is 29.9. The van der Waals surface area contributed by atoms with Crippen LogP contribution in [0.15, 0.2) is 79.0 Å². The van der Waals surface area contributed by atoms with Crippen LogP contribution >= 0.6 is 0 Å². The molecule has 0 aliphatic carbocycles. The number of hydrogen-bond acceptors (Lipinski definition) is 4. The van der Waals surface area contributed by atoms with E-state index in [9.17, 15) is 9.59 Å². The van der Waals surface area contributed by atoms with E-state index in [-0.39, 0.29) is 5.78 Å². The fourth-order valence-corrected chi connectivity index (χ4v) is 3.15. The second-order valence-electron chi connectivity index (χ2n) is 5.98. The Hall–Kier alpha value is -3.73. The zero-order chi connectivity index (χ0) is 18.8. The van der Waals surface area contributed by atoms with E-state index in [0.717, 1.165) is 5.69 Å². The quantitative estimate of drug-likeness (QED) is 0.409. The Balaban J connectivity index is 2.03. The van der Waals surface area contributed by atoms with Gasteiger partial charge in [-0.3, -0.25) is 9.78 Å². The summed E-state index contributed by atoms with van der Waals surface area (Å²) >= 11 is 0. The first-order valence-electron chi connectivity index (χ1n) is 8.44. The number of benzene rings is 1. The van der Waals surface area contributed by atoms with Gasteiger partial charge in [0, 0.05) is 11.8 Å². The van der Waals surface area contributed by atoms with Gasteiger partial charge >= 0.3 is 5.97 Å². The van der Waals surface area contributed by atoms with E-state index in [1.54, 1.807) is 34.9 Å². The molecule has 0 atom stereocenters. The van der Waals surface area contributed by atoms with Gasteiger partial charge in [-0.25, -0.2) is 4.79 Å². The van der Waals surface area contributed by atoms with E-state index in [4.69, 9.17) is 4.74 Å². The molecule has 0 spiro atoms. The van der Waals surface area contributed by atoms with E-state index in [0.29, 0.717) is 28.0 Å². The van der Waals surface area contributed by atoms with Gasteiger partial charge in [-0.2, -0.15) is 0 Å². The molecule has 5 nitrogen and oxygen atoms in total. The molecule has 0 saturated carbocycles. The monoisotopic (exact) mass is 356 g/mol. The number of hydrogen-bond donors (Lipinski definition) is 0. The fourth-order valence-electron chi connectivity index (χ4n) is 3.15. The molecule has 0 unspecified atom stereocenters. The third-order valence-electron chi connectivity index (χ3n) is 4.39. The molecule has 132 valence electrons. The molecule has 4 rings (SSSR count). The molecule has 0 N–H and O–H groups in total. The predicted molar refractivity (Wildman–Crippen MR) is 102 cm³/mol. The van der Waals surface area contributed by atoms with Gasteiger partial charge in [0.1, 0.15) is 0 Å². The van der Waals surface area contributed by atoms with Crippen LogP contribution in [-0.4, -0.2) is 28.2 Å². The maximum absolute atomic E-state index is 13.2. The van der Waals surface area contributed by atoms with Crippen molar-refractivity contribution in [2.45, 2.75) is 0 Å². The van der Waals surface area contributed by atoms with Gasteiger partial charge in [-0.05, 0) is 30.3 Å². The summed E-state index contributed by atoms with van der Waals surface area (Å²) in [6.45, 7) is 0.